The van der Waals surface area contributed by atoms with Crippen LogP contribution in [-0.2, 0) is 0 Å². The molecule has 1 atom stereocenters. The molecule has 1 saturated carbocycles. The Kier molecular flexibility index (Phi) is 2.83. The Morgan fingerprint density at radius 1 is 1.22 bits per heavy atom. The van der Waals surface area contributed by atoms with Crippen molar-refractivity contribution in [1.29, 1.82) is 0 Å². The van der Waals surface area contributed by atoms with E-state index in [1.807, 2.05) is 18.3 Å². The number of pyridine rings is 1. The minimum atomic E-state index is 0.108. The van der Waals surface area contributed by atoms with Crippen molar-refractivity contribution in [3.63, 3.8) is 0 Å². The fraction of sp³-hybridized carbons (Fsp3) is 0.438. The molecule has 0 spiro atoms. The Balaban J connectivity index is 1.98. The minimum absolute atomic E-state index is 0.108. The zero-order valence-electron chi connectivity index (χ0n) is 10.9. The zero-order chi connectivity index (χ0) is 12.6. The lowest BCUT2D eigenvalue weighted by atomic mass is 9.78. The summed E-state index contributed by atoms with van der Waals surface area (Å²) < 4.78 is 0. The molecule has 2 aromatic rings. The third-order valence-corrected chi connectivity index (χ3v) is 4.47. The number of hydrogen-bond acceptors (Lipinski definition) is 2. The molecule has 2 N–H and O–H groups in total. The van der Waals surface area contributed by atoms with Gasteiger partial charge in [0.1, 0.15) is 0 Å². The Labute approximate surface area is 108 Å². The molecule has 0 aliphatic heterocycles. The van der Waals surface area contributed by atoms with Crippen molar-refractivity contribution < 1.29 is 0 Å². The van der Waals surface area contributed by atoms with Crippen LogP contribution in [0.3, 0.4) is 0 Å². The number of aromatic nitrogens is 1. The first-order chi connectivity index (χ1) is 8.69. The maximum Gasteiger partial charge on any atom is 0.0702 e. The van der Waals surface area contributed by atoms with Gasteiger partial charge in [-0.25, -0.2) is 0 Å². The summed E-state index contributed by atoms with van der Waals surface area (Å²) in [5.41, 5.74) is 8.96. The Hall–Kier alpha value is -1.41. The standard InChI is InChI=1S/C16H20N2/c1-16(8-4-5-9-16)15(17)13-10-12-6-2-3-7-14(12)18-11-13/h2-3,6-7,10-11,15H,4-5,8-9,17H2,1H3. The highest BCUT2D eigenvalue weighted by Gasteiger charge is 2.35. The normalized spacial score (nSPS) is 20.1. The molecule has 94 valence electrons. The number of rotatable bonds is 2. The van der Waals surface area contributed by atoms with Gasteiger partial charge in [-0.2, -0.15) is 0 Å². The average Bonchev–Trinajstić information content (AvgIpc) is 2.85. The first-order valence-electron chi connectivity index (χ1n) is 6.79. The van der Waals surface area contributed by atoms with Crippen LogP contribution >= 0.6 is 0 Å². The summed E-state index contributed by atoms with van der Waals surface area (Å²) in [7, 11) is 0. The molecule has 18 heavy (non-hydrogen) atoms. The Bertz CT molecular complexity index is 556. The number of nitrogens with two attached hydrogens (primary N) is 1. The smallest absolute Gasteiger partial charge is 0.0702 e. The van der Waals surface area contributed by atoms with Crippen LogP contribution in [0.15, 0.2) is 36.5 Å². The van der Waals surface area contributed by atoms with Gasteiger partial charge in [-0.1, -0.05) is 38.0 Å². The van der Waals surface area contributed by atoms with E-state index in [1.165, 1.54) is 36.6 Å². The number of nitrogens with zero attached hydrogens (tertiary/aromatic N) is 1. The monoisotopic (exact) mass is 240 g/mol. The molecular weight excluding hydrogens is 220 g/mol. The van der Waals surface area contributed by atoms with E-state index >= 15 is 0 Å². The molecule has 3 rings (SSSR count). The number of fused-ring (bicyclic) bond motifs is 1. The van der Waals surface area contributed by atoms with E-state index < -0.39 is 0 Å². The van der Waals surface area contributed by atoms with Crippen LogP contribution < -0.4 is 5.73 Å². The largest absolute Gasteiger partial charge is 0.323 e. The van der Waals surface area contributed by atoms with E-state index in [0.717, 1.165) is 5.52 Å². The molecule has 0 radical (unpaired) electrons. The highest BCUT2D eigenvalue weighted by molar-refractivity contribution is 5.78. The Morgan fingerprint density at radius 2 is 1.94 bits per heavy atom. The van der Waals surface area contributed by atoms with Crippen LogP contribution in [0.4, 0.5) is 0 Å². The van der Waals surface area contributed by atoms with Gasteiger partial charge in [0.05, 0.1) is 5.52 Å². The highest BCUT2D eigenvalue weighted by Crippen LogP contribution is 2.45. The van der Waals surface area contributed by atoms with Crippen LogP contribution in [-0.4, -0.2) is 4.98 Å². The van der Waals surface area contributed by atoms with E-state index in [-0.39, 0.29) is 11.5 Å². The summed E-state index contributed by atoms with van der Waals surface area (Å²) in [5, 5.41) is 1.19. The first kappa shape index (κ1) is 11.7. The molecule has 0 amide bonds. The molecule has 1 aliphatic carbocycles. The van der Waals surface area contributed by atoms with E-state index in [4.69, 9.17) is 5.73 Å². The van der Waals surface area contributed by atoms with Crippen molar-refractivity contribution >= 4 is 10.9 Å². The minimum Gasteiger partial charge on any atom is -0.323 e. The fourth-order valence-electron chi connectivity index (χ4n) is 3.15. The maximum atomic E-state index is 6.49. The van der Waals surface area contributed by atoms with Gasteiger partial charge < -0.3 is 5.73 Å². The van der Waals surface area contributed by atoms with Gasteiger partial charge in [0.2, 0.25) is 0 Å². The van der Waals surface area contributed by atoms with Crippen LogP contribution in [0, 0.1) is 5.41 Å². The van der Waals surface area contributed by atoms with Gasteiger partial charge in [0, 0.05) is 17.6 Å². The van der Waals surface area contributed by atoms with Crippen LogP contribution in [0.25, 0.3) is 10.9 Å². The summed E-state index contributed by atoms with van der Waals surface area (Å²) in [6.45, 7) is 2.32. The molecule has 1 aliphatic rings. The molecular formula is C16H20N2. The summed E-state index contributed by atoms with van der Waals surface area (Å²) in [5.74, 6) is 0. The highest BCUT2D eigenvalue weighted by atomic mass is 14.7. The molecule has 1 fully saturated rings. The lowest BCUT2D eigenvalue weighted by molar-refractivity contribution is 0.265. The van der Waals surface area contributed by atoms with Crippen molar-refractivity contribution in [1.82, 2.24) is 4.98 Å². The van der Waals surface area contributed by atoms with E-state index in [2.05, 4.69) is 30.1 Å². The zero-order valence-corrected chi connectivity index (χ0v) is 10.9. The van der Waals surface area contributed by atoms with Crippen molar-refractivity contribution in [2.45, 2.75) is 38.6 Å². The predicted molar refractivity (Wildman–Crippen MR) is 75.2 cm³/mol. The quantitative estimate of drug-likeness (QED) is 0.866. The maximum absolute atomic E-state index is 6.49. The van der Waals surface area contributed by atoms with Gasteiger partial charge in [0.15, 0.2) is 0 Å². The Morgan fingerprint density at radius 3 is 2.72 bits per heavy atom. The summed E-state index contributed by atoms with van der Waals surface area (Å²) in [4.78, 5) is 4.52. The average molecular weight is 240 g/mol. The number of benzene rings is 1. The van der Waals surface area contributed by atoms with Crippen LogP contribution in [0.1, 0.15) is 44.2 Å². The van der Waals surface area contributed by atoms with E-state index in [0.29, 0.717) is 0 Å². The van der Waals surface area contributed by atoms with Crippen molar-refractivity contribution in [3.05, 3.63) is 42.1 Å². The van der Waals surface area contributed by atoms with Gasteiger partial charge in [-0.05, 0) is 36.0 Å². The topological polar surface area (TPSA) is 38.9 Å². The summed E-state index contributed by atoms with van der Waals surface area (Å²) >= 11 is 0. The second-order valence-corrected chi connectivity index (χ2v) is 5.80. The molecule has 1 heterocycles. The molecule has 0 bridgehead atoms. The third-order valence-electron chi connectivity index (χ3n) is 4.47. The van der Waals surface area contributed by atoms with E-state index in [1.54, 1.807) is 0 Å². The van der Waals surface area contributed by atoms with Gasteiger partial charge in [-0.3, -0.25) is 4.98 Å². The fourth-order valence-corrected chi connectivity index (χ4v) is 3.15. The summed E-state index contributed by atoms with van der Waals surface area (Å²) in [6, 6.07) is 10.5. The number of hydrogen-bond donors (Lipinski definition) is 1. The second kappa shape index (κ2) is 4.36. The molecule has 2 heteroatoms. The first-order valence-corrected chi connectivity index (χ1v) is 6.79. The molecule has 0 saturated heterocycles. The van der Waals surface area contributed by atoms with Crippen molar-refractivity contribution in [2.24, 2.45) is 11.1 Å². The summed E-state index contributed by atoms with van der Waals surface area (Å²) in [6.07, 6.45) is 7.05. The van der Waals surface area contributed by atoms with Gasteiger partial charge >= 0.3 is 0 Å². The lowest BCUT2D eigenvalue weighted by Gasteiger charge is -2.31. The lowest BCUT2D eigenvalue weighted by Crippen LogP contribution is -2.29. The van der Waals surface area contributed by atoms with Crippen molar-refractivity contribution in [3.8, 4) is 0 Å². The van der Waals surface area contributed by atoms with Crippen LogP contribution in [0.2, 0.25) is 0 Å². The molecule has 1 unspecified atom stereocenters. The second-order valence-electron chi connectivity index (χ2n) is 5.80. The van der Waals surface area contributed by atoms with E-state index in [9.17, 15) is 0 Å². The molecule has 1 aromatic heterocycles. The predicted octanol–water partition coefficient (Wildman–Crippen LogP) is 3.81. The SMILES string of the molecule is CC1(C(N)c2cnc3ccccc3c2)CCCC1. The number of para-hydroxylation sites is 1. The van der Waals surface area contributed by atoms with Gasteiger partial charge in [0.25, 0.3) is 0 Å². The molecule has 1 aromatic carbocycles. The van der Waals surface area contributed by atoms with Gasteiger partial charge in [-0.15, -0.1) is 0 Å². The van der Waals surface area contributed by atoms with Crippen LogP contribution in [0.5, 0.6) is 0 Å². The third kappa shape index (κ3) is 1.91. The molecule has 2 nitrogen and oxygen atoms in total. The van der Waals surface area contributed by atoms with Crippen molar-refractivity contribution in [2.75, 3.05) is 0 Å².